The van der Waals surface area contributed by atoms with E-state index in [0.29, 0.717) is 12.2 Å². The summed E-state index contributed by atoms with van der Waals surface area (Å²) in [6.45, 7) is 0.438. The third-order valence-corrected chi connectivity index (χ3v) is 3.86. The SMILES string of the molecule is CN(Cc1csc(C=CC(=O)O)c1)C(=O)c1csnn1. The molecule has 0 bridgehead atoms. The van der Waals surface area contributed by atoms with E-state index in [2.05, 4.69) is 9.59 Å². The van der Waals surface area contributed by atoms with Crippen LogP contribution in [0.3, 0.4) is 0 Å². The molecule has 6 nitrogen and oxygen atoms in total. The Morgan fingerprint density at radius 2 is 2.25 bits per heavy atom. The zero-order valence-corrected chi connectivity index (χ0v) is 12.1. The van der Waals surface area contributed by atoms with E-state index in [1.54, 1.807) is 17.3 Å². The molecule has 2 rings (SSSR count). The van der Waals surface area contributed by atoms with Crippen LogP contribution in [0.4, 0.5) is 0 Å². The normalized spacial score (nSPS) is 10.8. The van der Waals surface area contributed by atoms with E-state index in [4.69, 9.17) is 5.11 Å². The number of amides is 1. The molecule has 0 aliphatic heterocycles. The van der Waals surface area contributed by atoms with Gasteiger partial charge in [-0.05, 0) is 34.6 Å². The minimum Gasteiger partial charge on any atom is -0.478 e. The molecule has 1 N–H and O–H groups in total. The topological polar surface area (TPSA) is 83.4 Å². The van der Waals surface area contributed by atoms with Crippen molar-refractivity contribution in [3.8, 4) is 0 Å². The van der Waals surface area contributed by atoms with Gasteiger partial charge < -0.3 is 10.0 Å². The Bertz CT molecular complexity index is 634. The standard InChI is InChI=1S/C12H11N3O3S2/c1-15(12(18)10-7-20-14-13-10)5-8-4-9(19-6-8)2-3-11(16)17/h2-4,6-7H,5H2,1H3,(H,16,17). The summed E-state index contributed by atoms with van der Waals surface area (Å²) >= 11 is 2.56. The van der Waals surface area contributed by atoms with Gasteiger partial charge in [0.25, 0.3) is 5.91 Å². The fraction of sp³-hybridized carbons (Fsp3) is 0.167. The van der Waals surface area contributed by atoms with E-state index in [-0.39, 0.29) is 5.91 Å². The van der Waals surface area contributed by atoms with E-state index in [9.17, 15) is 9.59 Å². The molecule has 0 unspecified atom stereocenters. The van der Waals surface area contributed by atoms with Gasteiger partial charge in [-0.2, -0.15) is 0 Å². The Hall–Kier alpha value is -2.06. The predicted molar refractivity (Wildman–Crippen MR) is 76.7 cm³/mol. The van der Waals surface area contributed by atoms with E-state index in [0.717, 1.165) is 28.0 Å². The van der Waals surface area contributed by atoms with Gasteiger partial charge in [0, 0.05) is 29.9 Å². The molecular formula is C12H11N3O3S2. The number of nitrogens with zero attached hydrogens (tertiary/aromatic N) is 3. The lowest BCUT2D eigenvalue weighted by Crippen LogP contribution is -2.26. The van der Waals surface area contributed by atoms with Crippen molar-refractivity contribution in [3.63, 3.8) is 0 Å². The fourth-order valence-corrected chi connectivity index (χ4v) is 2.74. The molecule has 104 valence electrons. The lowest BCUT2D eigenvalue weighted by molar-refractivity contribution is -0.131. The average molecular weight is 309 g/mol. The van der Waals surface area contributed by atoms with Crippen LogP contribution in [-0.2, 0) is 11.3 Å². The smallest absolute Gasteiger partial charge is 0.328 e. The van der Waals surface area contributed by atoms with Crippen molar-refractivity contribution >= 4 is 40.8 Å². The van der Waals surface area contributed by atoms with Gasteiger partial charge >= 0.3 is 5.97 Å². The highest BCUT2D eigenvalue weighted by atomic mass is 32.1. The van der Waals surface area contributed by atoms with Gasteiger partial charge in [-0.1, -0.05) is 4.49 Å². The van der Waals surface area contributed by atoms with Crippen LogP contribution in [-0.4, -0.2) is 38.5 Å². The van der Waals surface area contributed by atoms with Gasteiger partial charge in [0.2, 0.25) is 0 Å². The fourth-order valence-electron chi connectivity index (χ4n) is 1.52. The number of hydrogen-bond donors (Lipinski definition) is 1. The molecule has 8 heteroatoms. The molecule has 0 radical (unpaired) electrons. The van der Waals surface area contributed by atoms with Crippen LogP contribution in [0, 0.1) is 0 Å². The van der Waals surface area contributed by atoms with Crippen molar-refractivity contribution in [3.05, 3.63) is 39.0 Å². The molecule has 0 aliphatic rings. The number of thiophene rings is 1. The van der Waals surface area contributed by atoms with E-state index < -0.39 is 5.97 Å². The molecule has 20 heavy (non-hydrogen) atoms. The molecule has 0 aliphatic carbocycles. The van der Waals surface area contributed by atoms with Gasteiger partial charge in [0.15, 0.2) is 5.69 Å². The summed E-state index contributed by atoms with van der Waals surface area (Å²) in [5, 5.41) is 15.8. The van der Waals surface area contributed by atoms with Crippen molar-refractivity contribution in [2.24, 2.45) is 0 Å². The van der Waals surface area contributed by atoms with Gasteiger partial charge in [0.05, 0.1) is 0 Å². The van der Waals surface area contributed by atoms with Crippen LogP contribution in [0.15, 0.2) is 22.9 Å². The second-order valence-corrected chi connectivity index (χ2v) is 5.53. The first kappa shape index (κ1) is 14.4. The number of hydrogen-bond acceptors (Lipinski definition) is 6. The minimum absolute atomic E-state index is 0.187. The highest BCUT2D eigenvalue weighted by molar-refractivity contribution is 7.11. The maximum absolute atomic E-state index is 12.0. The maximum Gasteiger partial charge on any atom is 0.328 e. The predicted octanol–water partition coefficient (Wildman–Crippen LogP) is 1.97. The maximum atomic E-state index is 12.0. The number of aliphatic carboxylic acids is 1. The van der Waals surface area contributed by atoms with Crippen LogP contribution in [0.5, 0.6) is 0 Å². The summed E-state index contributed by atoms with van der Waals surface area (Å²) in [6.07, 6.45) is 2.62. The average Bonchev–Trinajstić information content (AvgIpc) is 3.06. The van der Waals surface area contributed by atoms with Crippen molar-refractivity contribution < 1.29 is 14.7 Å². The third-order valence-electron chi connectivity index (χ3n) is 2.41. The first-order valence-electron chi connectivity index (χ1n) is 5.57. The largest absolute Gasteiger partial charge is 0.478 e. The molecule has 0 aromatic carbocycles. The zero-order chi connectivity index (χ0) is 14.5. The molecule has 2 heterocycles. The Labute approximate surface area is 123 Å². The van der Waals surface area contributed by atoms with Crippen molar-refractivity contribution in [2.45, 2.75) is 6.54 Å². The van der Waals surface area contributed by atoms with Crippen LogP contribution < -0.4 is 0 Å². The van der Waals surface area contributed by atoms with Crippen LogP contribution in [0.2, 0.25) is 0 Å². The lowest BCUT2D eigenvalue weighted by atomic mass is 10.2. The van der Waals surface area contributed by atoms with Gasteiger partial charge in [-0.3, -0.25) is 4.79 Å². The van der Waals surface area contributed by atoms with Crippen molar-refractivity contribution in [1.29, 1.82) is 0 Å². The molecule has 0 saturated carbocycles. The highest BCUT2D eigenvalue weighted by Gasteiger charge is 2.15. The first-order valence-corrected chi connectivity index (χ1v) is 7.29. The van der Waals surface area contributed by atoms with Gasteiger partial charge in [-0.15, -0.1) is 16.4 Å². The number of carboxylic acid groups (broad SMARTS) is 1. The summed E-state index contributed by atoms with van der Waals surface area (Å²) in [6, 6.07) is 1.85. The Kier molecular flexibility index (Phi) is 4.59. The van der Waals surface area contributed by atoms with E-state index >= 15 is 0 Å². The second-order valence-electron chi connectivity index (χ2n) is 3.98. The molecule has 0 spiro atoms. The molecule has 0 atom stereocenters. The van der Waals surface area contributed by atoms with Gasteiger partial charge in [0.1, 0.15) is 0 Å². The molecule has 0 saturated heterocycles. The summed E-state index contributed by atoms with van der Waals surface area (Å²) in [5.41, 5.74) is 1.28. The van der Waals surface area contributed by atoms with Gasteiger partial charge in [-0.25, -0.2) is 4.79 Å². The Morgan fingerprint density at radius 3 is 2.90 bits per heavy atom. The second kappa shape index (κ2) is 6.40. The van der Waals surface area contributed by atoms with Crippen molar-refractivity contribution in [1.82, 2.24) is 14.5 Å². The number of carbonyl (C=O) groups is 2. The molecular weight excluding hydrogens is 298 g/mol. The Morgan fingerprint density at radius 1 is 1.45 bits per heavy atom. The summed E-state index contributed by atoms with van der Waals surface area (Å²) < 4.78 is 3.66. The highest BCUT2D eigenvalue weighted by Crippen LogP contribution is 2.18. The first-order chi connectivity index (χ1) is 9.56. The number of rotatable bonds is 5. The number of carboxylic acids is 1. The molecule has 1 amide bonds. The number of aromatic nitrogens is 2. The zero-order valence-electron chi connectivity index (χ0n) is 10.5. The monoisotopic (exact) mass is 309 g/mol. The molecule has 2 aromatic heterocycles. The van der Waals surface area contributed by atoms with Crippen LogP contribution >= 0.6 is 22.9 Å². The third kappa shape index (κ3) is 3.72. The van der Waals surface area contributed by atoms with Crippen LogP contribution in [0.1, 0.15) is 20.9 Å². The van der Waals surface area contributed by atoms with E-state index in [1.165, 1.54) is 17.4 Å². The summed E-state index contributed by atoms with van der Waals surface area (Å²) in [7, 11) is 1.69. The number of carbonyl (C=O) groups excluding carboxylic acids is 1. The molecule has 0 fully saturated rings. The van der Waals surface area contributed by atoms with Crippen molar-refractivity contribution in [2.75, 3.05) is 7.05 Å². The quantitative estimate of drug-likeness (QED) is 0.854. The van der Waals surface area contributed by atoms with E-state index in [1.807, 2.05) is 11.4 Å². The summed E-state index contributed by atoms with van der Waals surface area (Å²) in [4.78, 5) is 24.8. The lowest BCUT2D eigenvalue weighted by Gasteiger charge is -2.14. The molecule has 2 aromatic rings. The van der Waals surface area contributed by atoms with Crippen LogP contribution in [0.25, 0.3) is 6.08 Å². The summed E-state index contributed by atoms with van der Waals surface area (Å²) in [5.74, 6) is -1.17. The minimum atomic E-state index is -0.983. The Balaban J connectivity index is 2.00.